The van der Waals surface area contributed by atoms with Crippen molar-refractivity contribution in [3.8, 4) is 5.75 Å². The second-order valence-corrected chi connectivity index (χ2v) is 9.05. The number of H-pyrrole nitrogens is 1. The van der Waals surface area contributed by atoms with Gasteiger partial charge in [0.25, 0.3) is 11.7 Å². The second kappa shape index (κ2) is 8.80. The van der Waals surface area contributed by atoms with E-state index in [1.165, 1.54) is 18.1 Å². The van der Waals surface area contributed by atoms with E-state index in [-0.39, 0.29) is 21.9 Å². The number of hydrogen-bond acceptors (Lipinski definition) is 4. The molecule has 0 spiro atoms. The van der Waals surface area contributed by atoms with Crippen LogP contribution in [0.25, 0.3) is 16.7 Å². The number of para-hydroxylation sites is 1. The van der Waals surface area contributed by atoms with E-state index in [0.717, 1.165) is 16.6 Å². The molecule has 35 heavy (non-hydrogen) atoms. The Balaban J connectivity index is 1.84. The van der Waals surface area contributed by atoms with Gasteiger partial charge in [0.2, 0.25) is 0 Å². The molecule has 1 fully saturated rings. The van der Waals surface area contributed by atoms with Gasteiger partial charge < -0.3 is 14.8 Å². The van der Waals surface area contributed by atoms with E-state index in [4.69, 9.17) is 27.9 Å². The highest BCUT2D eigenvalue weighted by Gasteiger charge is 2.48. The molecule has 176 valence electrons. The molecule has 8 heteroatoms. The molecule has 2 heterocycles. The van der Waals surface area contributed by atoms with Crippen molar-refractivity contribution in [3.63, 3.8) is 0 Å². The van der Waals surface area contributed by atoms with Crippen molar-refractivity contribution in [2.45, 2.75) is 13.0 Å². The Bertz CT molecular complexity index is 1540. The first-order valence-corrected chi connectivity index (χ1v) is 11.5. The lowest BCUT2D eigenvalue weighted by molar-refractivity contribution is -0.132. The average Bonchev–Trinajstić information content (AvgIpc) is 3.31. The number of halogens is 2. The number of rotatable bonds is 4. The van der Waals surface area contributed by atoms with Gasteiger partial charge in [0.05, 0.1) is 23.7 Å². The number of ketones is 1. The number of aryl methyl sites for hydroxylation is 1. The summed E-state index contributed by atoms with van der Waals surface area (Å²) in [5.74, 6) is -1.54. The van der Waals surface area contributed by atoms with Gasteiger partial charge >= 0.3 is 0 Å². The summed E-state index contributed by atoms with van der Waals surface area (Å²) >= 11 is 12.6. The van der Waals surface area contributed by atoms with Crippen molar-refractivity contribution in [1.82, 2.24) is 4.98 Å². The fraction of sp³-hybridized carbons (Fsp3) is 0.111. The highest BCUT2D eigenvalue weighted by Crippen LogP contribution is 2.46. The minimum absolute atomic E-state index is 0.0713. The summed E-state index contributed by atoms with van der Waals surface area (Å²) in [4.78, 5) is 31.6. The maximum absolute atomic E-state index is 13.5. The smallest absolute Gasteiger partial charge is 0.300 e. The molecule has 1 amide bonds. The lowest BCUT2D eigenvalue weighted by atomic mass is 9.93. The number of benzene rings is 3. The van der Waals surface area contributed by atoms with Crippen LogP contribution >= 0.6 is 23.2 Å². The highest BCUT2D eigenvalue weighted by molar-refractivity contribution is 6.52. The molecule has 1 unspecified atom stereocenters. The average molecular weight is 507 g/mol. The molecule has 0 radical (unpaired) electrons. The van der Waals surface area contributed by atoms with Crippen molar-refractivity contribution in [2.75, 3.05) is 12.0 Å². The lowest BCUT2D eigenvalue weighted by Gasteiger charge is -2.26. The van der Waals surface area contributed by atoms with Crippen molar-refractivity contribution in [2.24, 2.45) is 0 Å². The summed E-state index contributed by atoms with van der Waals surface area (Å²) in [6, 6.07) is 18.1. The van der Waals surface area contributed by atoms with Gasteiger partial charge in [0.1, 0.15) is 11.5 Å². The Hall–Kier alpha value is -3.74. The zero-order valence-corrected chi connectivity index (χ0v) is 20.3. The van der Waals surface area contributed by atoms with Crippen LogP contribution in [0.3, 0.4) is 0 Å². The number of nitrogens with zero attached hydrogens (tertiary/aromatic N) is 1. The third kappa shape index (κ3) is 3.75. The van der Waals surface area contributed by atoms with Crippen LogP contribution in [0.15, 0.2) is 72.3 Å². The van der Waals surface area contributed by atoms with Crippen LogP contribution in [0.5, 0.6) is 5.75 Å². The quantitative estimate of drug-likeness (QED) is 0.190. The van der Waals surface area contributed by atoms with E-state index in [1.54, 1.807) is 36.4 Å². The first-order chi connectivity index (χ1) is 16.8. The predicted molar refractivity (Wildman–Crippen MR) is 137 cm³/mol. The molecule has 6 nitrogen and oxygen atoms in total. The number of aromatic nitrogens is 1. The van der Waals surface area contributed by atoms with Gasteiger partial charge in [0, 0.05) is 38.4 Å². The van der Waals surface area contributed by atoms with Crippen LogP contribution in [-0.2, 0) is 9.59 Å². The Morgan fingerprint density at radius 3 is 2.54 bits per heavy atom. The SMILES string of the molecule is COc1ccc(Cl)c(/C(O)=C2\C(=O)C(=O)N(c3cccc(Cl)c3)C2c2c(C)[nH]c3ccccc23)c1. The van der Waals surface area contributed by atoms with Crippen LogP contribution in [0, 0.1) is 6.92 Å². The normalized spacial score (nSPS) is 17.4. The number of aromatic amines is 1. The van der Waals surface area contributed by atoms with Crippen LogP contribution in [0.2, 0.25) is 10.0 Å². The van der Waals surface area contributed by atoms with Crippen LogP contribution in [-0.4, -0.2) is 28.9 Å². The molecule has 1 aromatic heterocycles. The summed E-state index contributed by atoms with van der Waals surface area (Å²) in [7, 11) is 1.49. The highest BCUT2D eigenvalue weighted by atomic mass is 35.5. The van der Waals surface area contributed by atoms with Gasteiger partial charge in [-0.1, -0.05) is 47.5 Å². The lowest BCUT2D eigenvalue weighted by Crippen LogP contribution is -2.29. The standard InChI is InChI=1S/C27H20Cl2N2O4/c1-14-22(18-8-3-4-9-21(18)30-14)24-23(25(32)19-13-17(35-2)10-11-20(19)29)26(33)27(34)31(24)16-7-5-6-15(28)12-16/h3-13,24,30,32H,1-2H3/b25-23+. The van der Waals surface area contributed by atoms with Crippen molar-refractivity contribution >= 4 is 57.2 Å². The van der Waals surface area contributed by atoms with Crippen molar-refractivity contribution in [3.05, 3.63) is 99.2 Å². The number of aliphatic hydroxyl groups excluding tert-OH is 1. The molecule has 5 rings (SSSR count). The number of amides is 1. The first-order valence-electron chi connectivity index (χ1n) is 10.8. The number of hydrogen-bond donors (Lipinski definition) is 2. The van der Waals surface area contributed by atoms with Gasteiger partial charge in [-0.15, -0.1) is 0 Å². The Morgan fingerprint density at radius 2 is 1.80 bits per heavy atom. The Kier molecular flexibility index (Phi) is 5.79. The number of aliphatic hydroxyl groups is 1. The Labute approximate surface area is 211 Å². The van der Waals surface area contributed by atoms with E-state index < -0.39 is 17.7 Å². The minimum atomic E-state index is -0.924. The third-order valence-corrected chi connectivity index (χ3v) is 6.74. The van der Waals surface area contributed by atoms with Gasteiger partial charge in [-0.25, -0.2) is 0 Å². The number of ether oxygens (including phenoxy) is 1. The molecule has 1 aliphatic heterocycles. The summed E-state index contributed by atoms with van der Waals surface area (Å²) in [6.45, 7) is 1.87. The van der Waals surface area contributed by atoms with Gasteiger partial charge in [0.15, 0.2) is 0 Å². The number of Topliss-reactive ketones (excluding diaryl/α,β-unsaturated/α-hetero) is 1. The first kappa shape index (κ1) is 23.0. The molecule has 0 saturated carbocycles. The molecular formula is C27H20Cl2N2O4. The maximum atomic E-state index is 13.5. The molecule has 3 aromatic carbocycles. The van der Waals surface area contributed by atoms with Gasteiger partial charge in [-0.05, 0) is 49.4 Å². The molecule has 0 bridgehead atoms. The number of carbonyl (C=O) groups is 2. The number of methoxy groups -OCH3 is 1. The number of fused-ring (bicyclic) bond motifs is 1. The van der Waals surface area contributed by atoms with Gasteiger partial charge in [-0.2, -0.15) is 0 Å². The maximum Gasteiger partial charge on any atom is 0.300 e. The predicted octanol–water partition coefficient (Wildman–Crippen LogP) is 6.42. The van der Waals surface area contributed by atoms with Gasteiger partial charge in [-0.3, -0.25) is 14.5 Å². The fourth-order valence-corrected chi connectivity index (χ4v) is 5.00. The monoisotopic (exact) mass is 506 g/mol. The molecule has 0 aliphatic carbocycles. The van der Waals surface area contributed by atoms with E-state index in [2.05, 4.69) is 4.98 Å². The molecule has 2 N–H and O–H groups in total. The van der Waals surface area contributed by atoms with E-state index in [1.807, 2.05) is 31.2 Å². The topological polar surface area (TPSA) is 82.6 Å². The van der Waals surface area contributed by atoms with Crippen molar-refractivity contribution in [1.29, 1.82) is 0 Å². The fourth-order valence-electron chi connectivity index (χ4n) is 4.61. The van der Waals surface area contributed by atoms with Crippen LogP contribution < -0.4 is 9.64 Å². The van der Waals surface area contributed by atoms with E-state index >= 15 is 0 Å². The number of anilines is 1. The molecule has 1 aliphatic rings. The molecule has 4 aromatic rings. The zero-order valence-electron chi connectivity index (χ0n) is 18.8. The number of carbonyl (C=O) groups excluding carboxylic acids is 2. The summed E-state index contributed by atoms with van der Waals surface area (Å²) < 4.78 is 5.28. The summed E-state index contributed by atoms with van der Waals surface area (Å²) in [5, 5.41) is 12.9. The molecule has 1 saturated heterocycles. The third-order valence-electron chi connectivity index (χ3n) is 6.18. The van der Waals surface area contributed by atoms with Crippen LogP contribution in [0.1, 0.15) is 22.9 Å². The minimum Gasteiger partial charge on any atom is -0.507 e. The number of nitrogens with one attached hydrogen (secondary N) is 1. The molecule has 1 atom stereocenters. The zero-order chi connectivity index (χ0) is 24.9. The summed E-state index contributed by atoms with van der Waals surface area (Å²) in [6.07, 6.45) is 0. The second-order valence-electron chi connectivity index (χ2n) is 8.20. The molecular weight excluding hydrogens is 487 g/mol. The van der Waals surface area contributed by atoms with E-state index in [0.29, 0.717) is 22.0 Å². The summed E-state index contributed by atoms with van der Waals surface area (Å²) in [5.41, 5.74) is 2.85. The van der Waals surface area contributed by atoms with Crippen molar-refractivity contribution < 1.29 is 19.4 Å². The Morgan fingerprint density at radius 1 is 1.03 bits per heavy atom. The van der Waals surface area contributed by atoms with E-state index in [9.17, 15) is 14.7 Å². The van der Waals surface area contributed by atoms with Crippen LogP contribution in [0.4, 0.5) is 5.69 Å². The largest absolute Gasteiger partial charge is 0.507 e.